The Balaban J connectivity index is 2.18. The molecular formula is C20H23NO5. The van der Waals surface area contributed by atoms with E-state index in [0.717, 1.165) is 5.56 Å². The lowest BCUT2D eigenvalue weighted by molar-refractivity contribution is -0.137. The van der Waals surface area contributed by atoms with Crippen molar-refractivity contribution in [2.24, 2.45) is 0 Å². The summed E-state index contributed by atoms with van der Waals surface area (Å²) >= 11 is 0. The van der Waals surface area contributed by atoms with Crippen molar-refractivity contribution in [1.82, 2.24) is 5.32 Å². The Labute approximate surface area is 152 Å². The van der Waals surface area contributed by atoms with Crippen molar-refractivity contribution in [2.75, 3.05) is 13.7 Å². The van der Waals surface area contributed by atoms with Gasteiger partial charge >= 0.3 is 5.97 Å². The van der Waals surface area contributed by atoms with Crippen molar-refractivity contribution in [1.29, 1.82) is 0 Å². The molecule has 2 aromatic rings. The van der Waals surface area contributed by atoms with E-state index in [0.29, 0.717) is 23.7 Å². The molecule has 0 unspecified atom stereocenters. The zero-order chi connectivity index (χ0) is 18.9. The Kier molecular flexibility index (Phi) is 7.02. The normalized spacial score (nSPS) is 11.5. The topological polar surface area (TPSA) is 84.9 Å². The maximum absolute atomic E-state index is 12.3. The maximum Gasteiger partial charge on any atom is 0.305 e. The van der Waals surface area contributed by atoms with Crippen LogP contribution in [-0.4, -0.2) is 30.7 Å². The Morgan fingerprint density at radius 3 is 2.46 bits per heavy atom. The average Bonchev–Trinajstić information content (AvgIpc) is 2.62. The Hall–Kier alpha value is -3.02. The average molecular weight is 357 g/mol. The van der Waals surface area contributed by atoms with Crippen LogP contribution in [0.1, 0.15) is 30.5 Å². The number of carbonyl (C=O) groups excluding carboxylic acids is 1. The van der Waals surface area contributed by atoms with Crippen LogP contribution in [0.15, 0.2) is 48.5 Å². The lowest BCUT2D eigenvalue weighted by atomic mass is 10.0. The first-order chi connectivity index (χ1) is 12.5. The first kappa shape index (κ1) is 19.3. The van der Waals surface area contributed by atoms with E-state index in [1.165, 1.54) is 7.11 Å². The fourth-order valence-corrected chi connectivity index (χ4v) is 2.63. The summed E-state index contributed by atoms with van der Waals surface area (Å²) in [5, 5.41) is 12.0. The predicted molar refractivity (Wildman–Crippen MR) is 97.4 cm³/mol. The van der Waals surface area contributed by atoms with Gasteiger partial charge in [0.1, 0.15) is 0 Å². The number of carboxylic acid groups (broad SMARTS) is 1. The minimum Gasteiger partial charge on any atom is -0.493 e. The molecule has 26 heavy (non-hydrogen) atoms. The van der Waals surface area contributed by atoms with Crippen molar-refractivity contribution in [2.45, 2.75) is 25.8 Å². The second kappa shape index (κ2) is 9.46. The smallest absolute Gasteiger partial charge is 0.305 e. The third-order valence-corrected chi connectivity index (χ3v) is 3.81. The molecule has 0 saturated carbocycles. The zero-order valence-corrected chi connectivity index (χ0v) is 14.9. The summed E-state index contributed by atoms with van der Waals surface area (Å²) in [6, 6.07) is 13.8. The highest BCUT2D eigenvalue weighted by atomic mass is 16.5. The Morgan fingerprint density at radius 2 is 1.85 bits per heavy atom. The van der Waals surface area contributed by atoms with Gasteiger partial charge in [0, 0.05) is 0 Å². The molecule has 0 radical (unpaired) electrons. The summed E-state index contributed by atoms with van der Waals surface area (Å²) in [5.74, 6) is -0.168. The van der Waals surface area contributed by atoms with E-state index in [4.69, 9.17) is 9.47 Å². The Morgan fingerprint density at radius 1 is 1.12 bits per heavy atom. The second-order valence-electron chi connectivity index (χ2n) is 5.72. The highest BCUT2D eigenvalue weighted by Crippen LogP contribution is 2.31. The number of carbonyl (C=O) groups is 2. The summed E-state index contributed by atoms with van der Waals surface area (Å²) in [4.78, 5) is 23.6. The van der Waals surface area contributed by atoms with Gasteiger partial charge in [0.15, 0.2) is 11.5 Å². The molecule has 2 N–H and O–H groups in total. The van der Waals surface area contributed by atoms with Crippen LogP contribution >= 0.6 is 0 Å². The minimum atomic E-state index is -0.997. The van der Waals surface area contributed by atoms with E-state index in [2.05, 4.69) is 5.32 Å². The van der Waals surface area contributed by atoms with Crippen LogP contribution in [0.2, 0.25) is 0 Å². The van der Waals surface area contributed by atoms with E-state index < -0.39 is 12.0 Å². The number of ether oxygens (including phenoxy) is 2. The third-order valence-electron chi connectivity index (χ3n) is 3.81. The number of aliphatic carboxylic acids is 1. The maximum atomic E-state index is 12.3. The SMILES string of the molecule is CCOc1ccc([C@@H](CC(=O)O)NC(=O)Cc2ccccc2)cc1OC. The largest absolute Gasteiger partial charge is 0.493 e. The summed E-state index contributed by atoms with van der Waals surface area (Å²) in [7, 11) is 1.52. The third kappa shape index (κ3) is 5.51. The van der Waals surface area contributed by atoms with Crippen LogP contribution in [0.4, 0.5) is 0 Å². The molecule has 0 heterocycles. The highest BCUT2D eigenvalue weighted by Gasteiger charge is 2.20. The van der Waals surface area contributed by atoms with Crippen LogP contribution in [0.3, 0.4) is 0 Å². The first-order valence-electron chi connectivity index (χ1n) is 8.39. The number of hydrogen-bond donors (Lipinski definition) is 2. The Bertz CT molecular complexity index is 745. The van der Waals surface area contributed by atoms with E-state index in [-0.39, 0.29) is 18.7 Å². The van der Waals surface area contributed by atoms with Gasteiger partial charge in [-0.1, -0.05) is 36.4 Å². The number of amides is 1. The summed E-state index contributed by atoms with van der Waals surface area (Å²) in [6.07, 6.45) is -0.0389. The standard InChI is InChI=1S/C20H23NO5/c1-3-26-17-10-9-15(12-18(17)25-2)16(13-20(23)24)21-19(22)11-14-7-5-4-6-8-14/h4-10,12,16H,3,11,13H2,1-2H3,(H,21,22)(H,23,24)/t16-/m1/s1. The van der Waals surface area contributed by atoms with Crippen LogP contribution in [-0.2, 0) is 16.0 Å². The van der Waals surface area contributed by atoms with Gasteiger partial charge in [-0.25, -0.2) is 0 Å². The predicted octanol–water partition coefficient (Wildman–Crippen LogP) is 2.97. The molecule has 0 spiro atoms. The molecule has 0 aliphatic carbocycles. The molecule has 1 amide bonds. The van der Waals surface area contributed by atoms with Gasteiger partial charge in [-0.15, -0.1) is 0 Å². The van der Waals surface area contributed by atoms with E-state index in [1.54, 1.807) is 18.2 Å². The van der Waals surface area contributed by atoms with Crippen LogP contribution < -0.4 is 14.8 Å². The lowest BCUT2D eigenvalue weighted by Crippen LogP contribution is -2.31. The molecule has 0 fully saturated rings. The van der Waals surface area contributed by atoms with Crippen molar-refractivity contribution in [3.8, 4) is 11.5 Å². The first-order valence-corrected chi connectivity index (χ1v) is 8.39. The molecule has 0 aliphatic heterocycles. The number of carboxylic acids is 1. The molecule has 2 aromatic carbocycles. The van der Waals surface area contributed by atoms with Gasteiger partial charge in [0.25, 0.3) is 0 Å². The van der Waals surface area contributed by atoms with Crippen molar-refractivity contribution in [3.05, 3.63) is 59.7 Å². The molecular weight excluding hydrogens is 334 g/mol. The molecule has 138 valence electrons. The fraction of sp³-hybridized carbons (Fsp3) is 0.300. The van der Waals surface area contributed by atoms with Crippen molar-refractivity contribution >= 4 is 11.9 Å². The van der Waals surface area contributed by atoms with Crippen LogP contribution in [0.25, 0.3) is 0 Å². The van der Waals surface area contributed by atoms with Crippen molar-refractivity contribution < 1.29 is 24.2 Å². The summed E-state index contributed by atoms with van der Waals surface area (Å²) in [5.41, 5.74) is 1.51. The van der Waals surface area contributed by atoms with Gasteiger partial charge in [0.05, 0.1) is 32.6 Å². The monoisotopic (exact) mass is 357 g/mol. The summed E-state index contributed by atoms with van der Waals surface area (Å²) in [6.45, 7) is 2.35. The molecule has 0 bridgehead atoms. The van der Waals surface area contributed by atoms with Gasteiger partial charge in [0.2, 0.25) is 5.91 Å². The second-order valence-corrected chi connectivity index (χ2v) is 5.72. The van der Waals surface area contributed by atoms with Crippen LogP contribution in [0.5, 0.6) is 11.5 Å². The molecule has 6 heteroatoms. The number of methoxy groups -OCH3 is 1. The number of nitrogens with one attached hydrogen (secondary N) is 1. The van der Waals surface area contributed by atoms with Gasteiger partial charge in [-0.2, -0.15) is 0 Å². The number of hydrogen-bond acceptors (Lipinski definition) is 4. The quantitative estimate of drug-likeness (QED) is 0.721. The molecule has 0 aliphatic rings. The zero-order valence-electron chi connectivity index (χ0n) is 14.9. The lowest BCUT2D eigenvalue weighted by Gasteiger charge is -2.19. The molecule has 0 aromatic heterocycles. The molecule has 6 nitrogen and oxygen atoms in total. The fourth-order valence-electron chi connectivity index (χ4n) is 2.63. The van der Waals surface area contributed by atoms with Crippen molar-refractivity contribution in [3.63, 3.8) is 0 Å². The van der Waals surface area contributed by atoms with Gasteiger partial charge in [-0.3, -0.25) is 9.59 Å². The number of rotatable bonds is 9. The van der Waals surface area contributed by atoms with Gasteiger partial charge in [-0.05, 0) is 30.2 Å². The molecule has 2 rings (SSSR count). The number of benzene rings is 2. The highest BCUT2D eigenvalue weighted by molar-refractivity contribution is 5.80. The van der Waals surface area contributed by atoms with Crippen LogP contribution in [0, 0.1) is 0 Å². The molecule has 1 atom stereocenters. The molecule has 0 saturated heterocycles. The minimum absolute atomic E-state index is 0.186. The summed E-state index contributed by atoms with van der Waals surface area (Å²) < 4.78 is 10.8. The van der Waals surface area contributed by atoms with Gasteiger partial charge < -0.3 is 19.9 Å². The van der Waals surface area contributed by atoms with E-state index in [1.807, 2.05) is 37.3 Å². The van der Waals surface area contributed by atoms with E-state index in [9.17, 15) is 14.7 Å². The van der Waals surface area contributed by atoms with E-state index >= 15 is 0 Å².